The number of amides is 1. The van der Waals surface area contributed by atoms with Crippen molar-refractivity contribution in [2.24, 2.45) is 5.92 Å². The number of hydrogen-bond donors (Lipinski definition) is 2. The van der Waals surface area contributed by atoms with Gasteiger partial charge in [-0.2, -0.15) is 13.2 Å². The van der Waals surface area contributed by atoms with Crippen LogP contribution in [0.25, 0.3) is 22.5 Å². The molecule has 1 aromatic carbocycles. The van der Waals surface area contributed by atoms with E-state index in [1.165, 1.54) is 41.0 Å². The molecule has 0 bridgehead atoms. The summed E-state index contributed by atoms with van der Waals surface area (Å²) in [6, 6.07) is 11.0. The van der Waals surface area contributed by atoms with Gasteiger partial charge in [0, 0.05) is 23.7 Å². The quantitative estimate of drug-likeness (QED) is 0.192. The Morgan fingerprint density at radius 2 is 1.80 bits per heavy atom. The summed E-state index contributed by atoms with van der Waals surface area (Å²) in [6.07, 6.45) is -1.34. The summed E-state index contributed by atoms with van der Waals surface area (Å²) in [5.41, 5.74) is 2.67. The first-order valence-electron chi connectivity index (χ1n) is 12.4. The summed E-state index contributed by atoms with van der Waals surface area (Å²) >= 11 is 0. The molecule has 1 aliphatic heterocycles. The Bertz CT molecular complexity index is 1590. The Labute approximate surface area is 232 Å². The number of nitro groups is 1. The Balaban J connectivity index is 0.000000417. The topological polar surface area (TPSA) is 149 Å². The average molecular weight is 570 g/mol. The molecule has 3 unspecified atom stereocenters. The van der Waals surface area contributed by atoms with E-state index in [0.29, 0.717) is 11.8 Å². The van der Waals surface area contributed by atoms with Crippen LogP contribution in [0.4, 0.5) is 23.7 Å². The van der Waals surface area contributed by atoms with Crippen molar-refractivity contribution in [3.63, 3.8) is 0 Å². The number of piperidine rings is 1. The number of furan rings is 1. The lowest BCUT2D eigenvalue weighted by molar-refractivity contribution is -0.384. The third kappa shape index (κ3) is 5.38. The fourth-order valence-electron chi connectivity index (χ4n) is 5.43. The van der Waals surface area contributed by atoms with E-state index in [-0.39, 0.29) is 35.4 Å². The highest BCUT2D eigenvalue weighted by Crippen LogP contribution is 2.46. The van der Waals surface area contributed by atoms with Crippen LogP contribution < -0.4 is 6.15 Å². The maximum atomic E-state index is 13.0. The summed E-state index contributed by atoms with van der Waals surface area (Å²) in [6.45, 7) is 3.84. The normalized spacial score (nSPS) is 20.2. The summed E-state index contributed by atoms with van der Waals surface area (Å²) in [7, 11) is 0. The number of nitrogens with zero attached hydrogens (tertiary/aromatic N) is 2. The molecule has 9 nitrogen and oxygen atoms in total. The van der Waals surface area contributed by atoms with E-state index in [9.17, 15) is 38.0 Å². The molecule has 4 aliphatic rings. The molecule has 0 saturated carbocycles. The number of carboxylic acid groups (broad SMARTS) is 1. The van der Waals surface area contributed by atoms with Gasteiger partial charge in [-0.1, -0.05) is 24.3 Å². The van der Waals surface area contributed by atoms with Gasteiger partial charge in [-0.25, -0.2) is 4.79 Å². The number of nitro benzene ring substituents is 1. The third-order valence-electron chi connectivity index (χ3n) is 7.42. The Morgan fingerprint density at radius 1 is 1.12 bits per heavy atom. The molecule has 1 amide bonds. The van der Waals surface area contributed by atoms with E-state index in [1.807, 2.05) is 0 Å². The number of halogens is 3. The lowest BCUT2D eigenvalue weighted by atomic mass is 9.74. The van der Waals surface area contributed by atoms with Gasteiger partial charge in [-0.3, -0.25) is 19.8 Å². The molecule has 2 aromatic rings. The Morgan fingerprint density at radius 3 is 2.37 bits per heavy atom. The van der Waals surface area contributed by atoms with Gasteiger partial charge in [-0.15, -0.1) is 0 Å². The summed E-state index contributed by atoms with van der Waals surface area (Å²) < 4.78 is 44.8. The van der Waals surface area contributed by atoms with Gasteiger partial charge in [0.2, 0.25) is 0 Å². The predicted octanol–water partition coefficient (Wildman–Crippen LogP) is 7.51. The largest absolute Gasteiger partial charge is 0.465 e. The van der Waals surface area contributed by atoms with Gasteiger partial charge < -0.3 is 15.7 Å². The summed E-state index contributed by atoms with van der Waals surface area (Å²) in [5, 5.41) is 21.0. The van der Waals surface area contributed by atoms with Crippen LogP contribution in [-0.2, 0) is 11.0 Å². The first-order chi connectivity index (χ1) is 18.9. The number of fused-ring (bicyclic) bond motifs is 2. The highest BCUT2D eigenvalue weighted by atomic mass is 19.4. The molecule has 1 fully saturated rings. The summed E-state index contributed by atoms with van der Waals surface area (Å²) in [5.74, 6) is -1.43. The number of ketones is 1. The number of allylic oxidation sites excluding steroid dienone is 4. The molecular weight excluding hydrogens is 543 g/mol. The first kappa shape index (κ1) is 29.3. The smallest absolute Gasteiger partial charge is 0.416 e. The van der Waals surface area contributed by atoms with Crippen LogP contribution in [0.15, 0.2) is 76.9 Å². The van der Waals surface area contributed by atoms with Crippen molar-refractivity contribution in [3.8, 4) is 22.5 Å². The summed E-state index contributed by atoms with van der Waals surface area (Å²) in [4.78, 5) is 36.0. The highest BCUT2D eigenvalue weighted by Gasteiger charge is 2.45. The number of carbonyl (C=O) groups is 2. The molecule has 3 atom stereocenters. The van der Waals surface area contributed by atoms with Crippen molar-refractivity contribution in [3.05, 3.63) is 99.5 Å². The SMILES string of the molecule is CC1CC(c2ccc(-c3ccc(C(F)(F)F)cc3[N+](=O)[O-])o2)C2C(=O)C=CC=C2N1C(=O)O.Cc1c2cccc1-2.N. The van der Waals surface area contributed by atoms with E-state index in [1.54, 1.807) is 13.0 Å². The average Bonchev–Trinajstić information content (AvgIpc) is 3.30. The van der Waals surface area contributed by atoms with E-state index < -0.39 is 46.3 Å². The lowest BCUT2D eigenvalue weighted by Gasteiger charge is -2.42. The Hall–Kier alpha value is -4.71. The third-order valence-corrected chi connectivity index (χ3v) is 7.42. The number of carbonyl (C=O) groups excluding carboxylic acids is 1. The van der Waals surface area contributed by atoms with Crippen molar-refractivity contribution in [1.82, 2.24) is 11.1 Å². The zero-order valence-electron chi connectivity index (χ0n) is 22.0. The van der Waals surface area contributed by atoms with E-state index in [4.69, 9.17) is 4.42 Å². The lowest BCUT2D eigenvalue weighted by Crippen LogP contribution is -2.48. The molecular formula is C29H26F3N3O6. The van der Waals surface area contributed by atoms with Gasteiger partial charge >= 0.3 is 12.3 Å². The van der Waals surface area contributed by atoms with Crippen LogP contribution in [0.2, 0.25) is 0 Å². The zero-order chi connectivity index (χ0) is 28.9. The number of aryl methyl sites for hydroxylation is 1. The number of likely N-dealkylation sites (tertiary alicyclic amines) is 1. The molecule has 0 spiro atoms. The van der Waals surface area contributed by atoms with Crippen molar-refractivity contribution >= 4 is 17.6 Å². The van der Waals surface area contributed by atoms with Gasteiger partial charge in [0.25, 0.3) is 5.69 Å². The van der Waals surface area contributed by atoms with Crippen LogP contribution in [0.3, 0.4) is 0 Å². The molecule has 6 rings (SSSR count). The fourth-order valence-corrected chi connectivity index (χ4v) is 5.43. The second-order valence-electron chi connectivity index (χ2n) is 9.84. The molecule has 1 saturated heterocycles. The number of hydrogen-bond acceptors (Lipinski definition) is 6. The molecule has 41 heavy (non-hydrogen) atoms. The van der Waals surface area contributed by atoms with Crippen LogP contribution in [0.5, 0.6) is 0 Å². The van der Waals surface area contributed by atoms with E-state index >= 15 is 0 Å². The van der Waals surface area contributed by atoms with Crippen molar-refractivity contribution in [2.45, 2.75) is 38.4 Å². The molecule has 214 valence electrons. The van der Waals surface area contributed by atoms with E-state index in [0.717, 1.165) is 17.0 Å². The molecule has 1 aromatic heterocycles. The highest BCUT2D eigenvalue weighted by molar-refractivity contribution is 5.97. The minimum Gasteiger partial charge on any atom is -0.465 e. The predicted molar refractivity (Wildman–Crippen MR) is 143 cm³/mol. The second-order valence-corrected chi connectivity index (χ2v) is 9.84. The zero-order valence-corrected chi connectivity index (χ0v) is 22.0. The second kappa shape index (κ2) is 10.7. The van der Waals surface area contributed by atoms with Crippen molar-refractivity contribution in [1.29, 1.82) is 0 Å². The van der Waals surface area contributed by atoms with E-state index in [2.05, 4.69) is 25.1 Å². The van der Waals surface area contributed by atoms with Gasteiger partial charge in [-0.05, 0) is 73.4 Å². The minimum atomic E-state index is -4.75. The molecule has 0 radical (unpaired) electrons. The molecule has 4 N–H and O–H groups in total. The minimum absolute atomic E-state index is 0. The van der Waals surface area contributed by atoms with Gasteiger partial charge in [0.05, 0.1) is 22.0 Å². The van der Waals surface area contributed by atoms with Crippen LogP contribution in [-0.4, -0.2) is 32.8 Å². The molecule has 12 heteroatoms. The Kier molecular flexibility index (Phi) is 7.64. The van der Waals surface area contributed by atoms with Crippen molar-refractivity contribution < 1.29 is 37.2 Å². The number of rotatable bonds is 3. The molecule has 3 aliphatic carbocycles. The standard InChI is InChI=1S/C22H17F3N2O6.C7H6.H3N/c1-11-9-14(20-15(26(11)21(29)30)3-2-4-17(20)28)19-8-7-18(33-19)13-6-5-12(22(23,24)25)10-16(13)27(31)32;1-5-6-3-2-4-7(5)6;/h2-8,10-11,14,20H,9H2,1H3,(H,29,30);2-4H,1H3;1H3. The first-order valence-corrected chi connectivity index (χ1v) is 12.4. The van der Waals surface area contributed by atoms with Crippen LogP contribution >= 0.6 is 0 Å². The number of alkyl halides is 3. The van der Waals surface area contributed by atoms with Gasteiger partial charge in [0.15, 0.2) is 5.78 Å². The maximum absolute atomic E-state index is 13.0. The van der Waals surface area contributed by atoms with Crippen LogP contribution in [0.1, 0.15) is 36.1 Å². The number of benzene rings is 2. The molecule has 2 heterocycles. The fraction of sp³-hybridized carbons (Fsp3) is 0.241. The monoisotopic (exact) mass is 569 g/mol. The van der Waals surface area contributed by atoms with Crippen LogP contribution in [0, 0.1) is 23.0 Å². The maximum Gasteiger partial charge on any atom is 0.416 e. The van der Waals surface area contributed by atoms with Crippen molar-refractivity contribution in [2.75, 3.05) is 0 Å². The van der Waals surface area contributed by atoms with Gasteiger partial charge in [0.1, 0.15) is 11.5 Å².